The molecule has 0 amide bonds. The molecule has 1 aromatic carbocycles. The molecule has 0 aromatic heterocycles. The van der Waals surface area contributed by atoms with Gasteiger partial charge in [0, 0.05) is 6.04 Å². The van der Waals surface area contributed by atoms with Crippen LogP contribution in [0.5, 0.6) is 0 Å². The van der Waals surface area contributed by atoms with Crippen LogP contribution in [0.4, 0.5) is 0 Å². The third-order valence-electron chi connectivity index (χ3n) is 3.35. The van der Waals surface area contributed by atoms with Crippen molar-refractivity contribution >= 4 is 0 Å². The molecule has 90 valence electrons. The number of hydrogen-bond acceptors (Lipinski definition) is 1. The first kappa shape index (κ1) is 13.2. The predicted molar refractivity (Wildman–Crippen MR) is 71.7 cm³/mol. The van der Waals surface area contributed by atoms with Crippen molar-refractivity contribution in [3.05, 3.63) is 35.4 Å². The van der Waals surface area contributed by atoms with Crippen LogP contribution in [0.25, 0.3) is 0 Å². The summed E-state index contributed by atoms with van der Waals surface area (Å²) in [6.45, 7) is 9.96. The summed E-state index contributed by atoms with van der Waals surface area (Å²) in [7, 11) is 0. The summed E-state index contributed by atoms with van der Waals surface area (Å²) in [6.07, 6.45) is 2.48. The first-order chi connectivity index (χ1) is 7.72. The molecule has 0 bridgehead atoms. The molecule has 0 fully saturated rings. The molecule has 16 heavy (non-hydrogen) atoms. The van der Waals surface area contributed by atoms with Gasteiger partial charge < -0.3 is 5.32 Å². The average Bonchev–Trinajstić information content (AvgIpc) is 2.29. The minimum atomic E-state index is 0.514. The molecule has 0 spiro atoms. The van der Waals surface area contributed by atoms with Gasteiger partial charge in [-0.1, -0.05) is 63.4 Å². The highest BCUT2D eigenvalue weighted by atomic mass is 14.9. The van der Waals surface area contributed by atoms with E-state index in [9.17, 15) is 0 Å². The van der Waals surface area contributed by atoms with Gasteiger partial charge in [-0.3, -0.25) is 0 Å². The Hall–Kier alpha value is -0.820. The zero-order valence-corrected chi connectivity index (χ0v) is 11.1. The molecule has 1 heteroatoms. The van der Waals surface area contributed by atoms with Crippen LogP contribution in [0.15, 0.2) is 24.3 Å². The number of hydrogen-bond donors (Lipinski definition) is 1. The Morgan fingerprint density at radius 2 is 1.81 bits per heavy atom. The summed E-state index contributed by atoms with van der Waals surface area (Å²) >= 11 is 0. The van der Waals surface area contributed by atoms with E-state index < -0.39 is 0 Å². The van der Waals surface area contributed by atoms with E-state index in [2.05, 4.69) is 57.3 Å². The lowest BCUT2D eigenvalue weighted by Crippen LogP contribution is -2.27. The smallest absolute Gasteiger partial charge is 0.0348 e. The van der Waals surface area contributed by atoms with Crippen molar-refractivity contribution in [2.75, 3.05) is 6.54 Å². The topological polar surface area (TPSA) is 12.0 Å². The first-order valence-electron chi connectivity index (χ1n) is 6.52. The zero-order valence-electron chi connectivity index (χ0n) is 11.1. The molecular weight excluding hydrogens is 194 g/mol. The number of benzene rings is 1. The fourth-order valence-corrected chi connectivity index (χ4v) is 2.40. The molecule has 0 radical (unpaired) electrons. The Morgan fingerprint density at radius 3 is 2.31 bits per heavy atom. The fourth-order valence-electron chi connectivity index (χ4n) is 2.40. The number of rotatable bonds is 6. The van der Waals surface area contributed by atoms with E-state index in [1.807, 2.05) is 0 Å². The summed E-state index contributed by atoms with van der Waals surface area (Å²) in [5.74, 6) is 0.738. The molecule has 1 aromatic rings. The van der Waals surface area contributed by atoms with E-state index in [4.69, 9.17) is 0 Å². The van der Waals surface area contributed by atoms with Crippen LogP contribution >= 0.6 is 0 Å². The normalized spacial score (nSPS) is 13.1. The van der Waals surface area contributed by atoms with Crippen LogP contribution in [-0.4, -0.2) is 6.54 Å². The van der Waals surface area contributed by atoms with Crippen LogP contribution in [0, 0.1) is 12.8 Å². The summed E-state index contributed by atoms with van der Waals surface area (Å²) in [5.41, 5.74) is 2.79. The quantitative estimate of drug-likeness (QED) is 0.760. The monoisotopic (exact) mass is 219 g/mol. The standard InChI is InChI=1S/C15H25N/c1-5-13(6-2)15(16-7-3)14-10-8-9-12(4)11-14/h8-11,13,15-16H,5-7H2,1-4H3. The first-order valence-corrected chi connectivity index (χ1v) is 6.52. The van der Waals surface area contributed by atoms with Gasteiger partial charge in [-0.2, -0.15) is 0 Å². The second kappa shape index (κ2) is 6.70. The van der Waals surface area contributed by atoms with Crippen molar-refractivity contribution in [1.82, 2.24) is 5.32 Å². The lowest BCUT2D eigenvalue weighted by Gasteiger charge is -2.26. The molecule has 1 rings (SSSR count). The third-order valence-corrected chi connectivity index (χ3v) is 3.35. The van der Waals surface area contributed by atoms with Gasteiger partial charge in [-0.05, 0) is 24.9 Å². The molecule has 1 nitrogen and oxygen atoms in total. The summed E-state index contributed by atoms with van der Waals surface area (Å²) in [5, 5.41) is 3.63. The van der Waals surface area contributed by atoms with Gasteiger partial charge in [0.2, 0.25) is 0 Å². The molecule has 1 unspecified atom stereocenters. The molecule has 0 aliphatic heterocycles. The van der Waals surface area contributed by atoms with E-state index in [-0.39, 0.29) is 0 Å². The van der Waals surface area contributed by atoms with E-state index >= 15 is 0 Å². The molecule has 0 heterocycles. The van der Waals surface area contributed by atoms with Crippen molar-refractivity contribution in [3.8, 4) is 0 Å². The highest BCUT2D eigenvalue weighted by Crippen LogP contribution is 2.27. The largest absolute Gasteiger partial charge is 0.310 e. The van der Waals surface area contributed by atoms with Crippen LogP contribution in [0.3, 0.4) is 0 Å². The van der Waals surface area contributed by atoms with Gasteiger partial charge in [0.15, 0.2) is 0 Å². The SMILES string of the molecule is CCNC(c1cccc(C)c1)C(CC)CC. The Morgan fingerprint density at radius 1 is 1.12 bits per heavy atom. The Balaban J connectivity index is 2.91. The molecule has 0 aliphatic carbocycles. The molecular formula is C15H25N. The zero-order chi connectivity index (χ0) is 12.0. The minimum Gasteiger partial charge on any atom is -0.310 e. The van der Waals surface area contributed by atoms with E-state index in [0.717, 1.165) is 12.5 Å². The van der Waals surface area contributed by atoms with Crippen LogP contribution in [0.2, 0.25) is 0 Å². The maximum Gasteiger partial charge on any atom is 0.0348 e. The molecule has 0 saturated heterocycles. The molecule has 0 aliphatic rings. The third kappa shape index (κ3) is 3.34. The van der Waals surface area contributed by atoms with Gasteiger partial charge in [0.05, 0.1) is 0 Å². The van der Waals surface area contributed by atoms with Crippen molar-refractivity contribution in [3.63, 3.8) is 0 Å². The average molecular weight is 219 g/mol. The van der Waals surface area contributed by atoms with Gasteiger partial charge >= 0.3 is 0 Å². The lowest BCUT2D eigenvalue weighted by molar-refractivity contribution is 0.346. The van der Waals surface area contributed by atoms with E-state index in [0.29, 0.717) is 6.04 Å². The van der Waals surface area contributed by atoms with Crippen molar-refractivity contribution in [2.24, 2.45) is 5.92 Å². The van der Waals surface area contributed by atoms with Gasteiger partial charge in [0.1, 0.15) is 0 Å². The van der Waals surface area contributed by atoms with Crippen LogP contribution in [-0.2, 0) is 0 Å². The minimum absolute atomic E-state index is 0.514. The second-order valence-electron chi connectivity index (χ2n) is 4.53. The summed E-state index contributed by atoms with van der Waals surface area (Å²) in [6, 6.07) is 9.40. The number of nitrogens with one attached hydrogen (secondary N) is 1. The van der Waals surface area contributed by atoms with Gasteiger partial charge in [-0.15, -0.1) is 0 Å². The maximum atomic E-state index is 3.63. The van der Waals surface area contributed by atoms with E-state index in [1.54, 1.807) is 0 Å². The maximum absolute atomic E-state index is 3.63. The summed E-state index contributed by atoms with van der Waals surface area (Å²) in [4.78, 5) is 0. The summed E-state index contributed by atoms with van der Waals surface area (Å²) < 4.78 is 0. The number of aryl methyl sites for hydroxylation is 1. The van der Waals surface area contributed by atoms with Crippen molar-refractivity contribution in [2.45, 2.75) is 46.6 Å². The van der Waals surface area contributed by atoms with Gasteiger partial charge in [0.25, 0.3) is 0 Å². The molecule has 1 atom stereocenters. The van der Waals surface area contributed by atoms with Crippen LogP contribution < -0.4 is 5.32 Å². The molecule has 0 saturated carbocycles. The Kier molecular flexibility index (Phi) is 5.54. The van der Waals surface area contributed by atoms with E-state index in [1.165, 1.54) is 24.0 Å². The highest BCUT2D eigenvalue weighted by molar-refractivity contribution is 5.25. The fraction of sp³-hybridized carbons (Fsp3) is 0.600. The second-order valence-corrected chi connectivity index (χ2v) is 4.53. The van der Waals surface area contributed by atoms with Crippen LogP contribution in [0.1, 0.15) is 50.8 Å². The Labute approximate surface area is 100 Å². The highest BCUT2D eigenvalue weighted by Gasteiger charge is 2.19. The Bertz CT molecular complexity index is 302. The van der Waals surface area contributed by atoms with Gasteiger partial charge in [-0.25, -0.2) is 0 Å². The van der Waals surface area contributed by atoms with Crippen molar-refractivity contribution < 1.29 is 0 Å². The lowest BCUT2D eigenvalue weighted by atomic mass is 9.88. The van der Waals surface area contributed by atoms with Crippen molar-refractivity contribution in [1.29, 1.82) is 0 Å². The predicted octanol–water partition coefficient (Wildman–Crippen LogP) is 4.08. The molecule has 1 N–H and O–H groups in total.